The summed E-state index contributed by atoms with van der Waals surface area (Å²) in [7, 11) is 2.99. The molecule has 2 aromatic heterocycles. The molecule has 0 aromatic carbocycles. The summed E-state index contributed by atoms with van der Waals surface area (Å²) in [6, 6.07) is 5.94. The lowest BCUT2D eigenvalue weighted by atomic mass is 10.3. The van der Waals surface area contributed by atoms with E-state index in [1.165, 1.54) is 32.5 Å². The SMILES string of the molecule is COc1ccc(NC(=O)c2ccc(=O)n(C)n2)cn1. The molecule has 7 heteroatoms. The van der Waals surface area contributed by atoms with Gasteiger partial charge in [-0.15, -0.1) is 0 Å². The van der Waals surface area contributed by atoms with Gasteiger partial charge < -0.3 is 10.1 Å². The van der Waals surface area contributed by atoms with Crippen molar-refractivity contribution in [1.82, 2.24) is 14.8 Å². The summed E-state index contributed by atoms with van der Waals surface area (Å²) in [5.41, 5.74) is 0.391. The second kappa shape index (κ2) is 5.30. The molecule has 0 saturated heterocycles. The molecule has 1 amide bonds. The van der Waals surface area contributed by atoms with Crippen molar-refractivity contribution in [2.75, 3.05) is 12.4 Å². The number of aromatic nitrogens is 3. The largest absolute Gasteiger partial charge is 0.481 e. The summed E-state index contributed by atoms with van der Waals surface area (Å²) >= 11 is 0. The monoisotopic (exact) mass is 260 g/mol. The summed E-state index contributed by atoms with van der Waals surface area (Å²) < 4.78 is 6.01. The van der Waals surface area contributed by atoms with Crippen molar-refractivity contribution in [2.45, 2.75) is 0 Å². The van der Waals surface area contributed by atoms with E-state index in [1.807, 2.05) is 0 Å². The number of aryl methyl sites for hydroxylation is 1. The molecule has 2 rings (SSSR count). The van der Waals surface area contributed by atoms with Crippen molar-refractivity contribution < 1.29 is 9.53 Å². The van der Waals surface area contributed by atoms with E-state index in [4.69, 9.17) is 4.74 Å². The van der Waals surface area contributed by atoms with Crippen LogP contribution in [-0.2, 0) is 7.05 Å². The maximum atomic E-state index is 11.9. The molecule has 0 aliphatic carbocycles. The Hall–Kier alpha value is -2.70. The van der Waals surface area contributed by atoms with Gasteiger partial charge in [0.1, 0.15) is 5.69 Å². The predicted octanol–water partition coefficient (Wildman–Crippen LogP) is 0.436. The van der Waals surface area contributed by atoms with E-state index in [1.54, 1.807) is 12.1 Å². The smallest absolute Gasteiger partial charge is 0.276 e. The number of carbonyl (C=O) groups is 1. The van der Waals surface area contributed by atoms with Crippen LogP contribution >= 0.6 is 0 Å². The van der Waals surface area contributed by atoms with E-state index in [0.29, 0.717) is 11.6 Å². The third kappa shape index (κ3) is 2.95. The van der Waals surface area contributed by atoms with Crippen molar-refractivity contribution in [3.8, 4) is 5.88 Å². The maximum absolute atomic E-state index is 11.9. The molecule has 0 fully saturated rings. The molecule has 0 saturated carbocycles. The molecule has 19 heavy (non-hydrogen) atoms. The van der Waals surface area contributed by atoms with Gasteiger partial charge in [0, 0.05) is 19.2 Å². The zero-order valence-corrected chi connectivity index (χ0v) is 10.5. The van der Waals surface area contributed by atoms with Gasteiger partial charge in [-0.05, 0) is 12.1 Å². The van der Waals surface area contributed by atoms with E-state index >= 15 is 0 Å². The third-order valence-corrected chi connectivity index (χ3v) is 2.40. The fourth-order valence-corrected chi connectivity index (χ4v) is 1.39. The number of hydrogen-bond acceptors (Lipinski definition) is 5. The highest BCUT2D eigenvalue weighted by Gasteiger charge is 2.09. The predicted molar refractivity (Wildman–Crippen MR) is 68.2 cm³/mol. The van der Waals surface area contributed by atoms with E-state index in [9.17, 15) is 9.59 Å². The van der Waals surface area contributed by atoms with Gasteiger partial charge in [0.2, 0.25) is 5.88 Å². The highest BCUT2D eigenvalue weighted by atomic mass is 16.5. The van der Waals surface area contributed by atoms with Crippen molar-refractivity contribution in [1.29, 1.82) is 0 Å². The van der Waals surface area contributed by atoms with Crippen LogP contribution < -0.4 is 15.6 Å². The van der Waals surface area contributed by atoms with Gasteiger partial charge in [-0.1, -0.05) is 0 Å². The first-order valence-electron chi connectivity index (χ1n) is 5.46. The molecule has 0 unspecified atom stereocenters. The highest BCUT2D eigenvalue weighted by molar-refractivity contribution is 6.02. The first-order chi connectivity index (χ1) is 9.10. The normalized spacial score (nSPS) is 10.0. The summed E-state index contributed by atoms with van der Waals surface area (Å²) in [5.74, 6) is 0.0424. The Morgan fingerprint density at radius 1 is 1.32 bits per heavy atom. The number of nitrogens with one attached hydrogen (secondary N) is 1. The standard InChI is InChI=1S/C12H12N4O3/c1-16-11(17)6-4-9(15-16)12(18)14-8-3-5-10(19-2)13-7-8/h3-7H,1-2H3,(H,14,18). The number of carbonyl (C=O) groups excluding carboxylic acids is 1. The van der Waals surface area contributed by atoms with Crippen LogP contribution in [0.2, 0.25) is 0 Å². The lowest BCUT2D eigenvalue weighted by molar-refractivity contribution is 0.102. The molecular weight excluding hydrogens is 248 g/mol. The molecule has 7 nitrogen and oxygen atoms in total. The quantitative estimate of drug-likeness (QED) is 0.865. The van der Waals surface area contributed by atoms with Crippen LogP contribution in [0.15, 0.2) is 35.3 Å². The Balaban J connectivity index is 2.15. The van der Waals surface area contributed by atoms with Crippen LogP contribution in [0.25, 0.3) is 0 Å². The molecule has 0 radical (unpaired) electrons. The van der Waals surface area contributed by atoms with Crippen LogP contribution in [0.4, 0.5) is 5.69 Å². The number of ether oxygens (including phenoxy) is 1. The fourth-order valence-electron chi connectivity index (χ4n) is 1.39. The Labute approximate surface area is 108 Å². The van der Waals surface area contributed by atoms with E-state index in [-0.39, 0.29) is 11.3 Å². The third-order valence-electron chi connectivity index (χ3n) is 2.40. The summed E-state index contributed by atoms with van der Waals surface area (Å²) in [5, 5.41) is 6.47. The Morgan fingerprint density at radius 2 is 2.11 bits per heavy atom. The number of methoxy groups -OCH3 is 1. The average molecular weight is 260 g/mol. The average Bonchev–Trinajstić information content (AvgIpc) is 2.42. The van der Waals surface area contributed by atoms with Crippen LogP contribution in [0.1, 0.15) is 10.5 Å². The number of amides is 1. The van der Waals surface area contributed by atoms with Crippen molar-refractivity contribution in [2.24, 2.45) is 7.05 Å². The van der Waals surface area contributed by atoms with Gasteiger partial charge in [0.05, 0.1) is 19.0 Å². The number of pyridine rings is 1. The van der Waals surface area contributed by atoms with E-state index in [2.05, 4.69) is 15.4 Å². The van der Waals surface area contributed by atoms with Gasteiger partial charge in [-0.2, -0.15) is 5.10 Å². The van der Waals surface area contributed by atoms with Gasteiger partial charge >= 0.3 is 0 Å². The second-order valence-electron chi connectivity index (χ2n) is 3.72. The second-order valence-corrected chi connectivity index (χ2v) is 3.72. The lowest BCUT2D eigenvalue weighted by Gasteiger charge is -2.05. The first-order valence-corrected chi connectivity index (χ1v) is 5.46. The lowest BCUT2D eigenvalue weighted by Crippen LogP contribution is -2.23. The molecule has 0 bridgehead atoms. The Kier molecular flexibility index (Phi) is 3.56. The number of nitrogens with zero attached hydrogens (tertiary/aromatic N) is 3. The molecule has 1 N–H and O–H groups in total. The highest BCUT2D eigenvalue weighted by Crippen LogP contribution is 2.11. The maximum Gasteiger partial charge on any atom is 0.276 e. The minimum atomic E-state index is -0.414. The Morgan fingerprint density at radius 3 is 2.68 bits per heavy atom. The Bertz CT molecular complexity index is 649. The number of hydrogen-bond donors (Lipinski definition) is 1. The van der Waals surface area contributed by atoms with Crippen LogP contribution in [0.3, 0.4) is 0 Å². The molecule has 0 atom stereocenters. The van der Waals surface area contributed by atoms with Crippen molar-refractivity contribution >= 4 is 11.6 Å². The molecular formula is C12H12N4O3. The minimum absolute atomic E-state index is 0.151. The van der Waals surface area contributed by atoms with Gasteiger partial charge in [-0.3, -0.25) is 9.59 Å². The number of rotatable bonds is 3. The van der Waals surface area contributed by atoms with Gasteiger partial charge in [0.25, 0.3) is 11.5 Å². The molecule has 0 aliphatic heterocycles. The topological polar surface area (TPSA) is 86.1 Å². The molecule has 0 spiro atoms. The zero-order chi connectivity index (χ0) is 13.8. The summed E-state index contributed by atoms with van der Waals surface area (Å²) in [6.45, 7) is 0. The molecule has 0 aliphatic rings. The summed E-state index contributed by atoms with van der Waals surface area (Å²) in [6.07, 6.45) is 1.47. The number of anilines is 1. The van der Waals surface area contributed by atoms with Gasteiger partial charge in [0.15, 0.2) is 0 Å². The van der Waals surface area contributed by atoms with Crippen LogP contribution in [-0.4, -0.2) is 27.8 Å². The first kappa shape index (κ1) is 12.7. The zero-order valence-electron chi connectivity index (χ0n) is 10.5. The van der Waals surface area contributed by atoms with Crippen LogP contribution in [0.5, 0.6) is 5.88 Å². The van der Waals surface area contributed by atoms with Crippen molar-refractivity contribution in [3.63, 3.8) is 0 Å². The van der Waals surface area contributed by atoms with Crippen LogP contribution in [0, 0.1) is 0 Å². The van der Waals surface area contributed by atoms with Crippen molar-refractivity contribution in [3.05, 3.63) is 46.5 Å². The molecule has 98 valence electrons. The fraction of sp³-hybridized carbons (Fsp3) is 0.167. The van der Waals surface area contributed by atoms with Gasteiger partial charge in [-0.25, -0.2) is 9.67 Å². The van der Waals surface area contributed by atoms with E-state index in [0.717, 1.165) is 4.68 Å². The minimum Gasteiger partial charge on any atom is -0.481 e. The van der Waals surface area contributed by atoms with E-state index < -0.39 is 5.91 Å². The molecule has 2 heterocycles. The molecule has 2 aromatic rings. The summed E-state index contributed by atoms with van der Waals surface area (Å²) in [4.78, 5) is 27.0.